The molecule has 0 bridgehead atoms. The van der Waals surface area contributed by atoms with Crippen molar-refractivity contribution in [2.45, 2.75) is 21.3 Å². The first-order valence-electron chi connectivity index (χ1n) is 8.65. The molecule has 1 aromatic carbocycles. The maximum absolute atomic E-state index is 12.8. The summed E-state index contributed by atoms with van der Waals surface area (Å²) >= 11 is 2.37. The number of methoxy groups -OCH3 is 1. The second-order valence-corrected chi connectivity index (χ2v) is 10.4. The van der Waals surface area contributed by atoms with Crippen LogP contribution in [0.1, 0.15) is 17.5 Å². The summed E-state index contributed by atoms with van der Waals surface area (Å²) in [6.07, 6.45) is 4.34. The Hall–Kier alpha value is -2.56. The number of carbonyl (C=O) groups is 2. The van der Waals surface area contributed by atoms with E-state index >= 15 is 0 Å². The fourth-order valence-corrected chi connectivity index (χ4v) is 6.32. The molecule has 0 radical (unpaired) electrons. The number of imide groups is 1. The number of likely N-dealkylation sites (tertiary alicyclic amines) is 1. The van der Waals surface area contributed by atoms with Crippen molar-refractivity contribution in [1.29, 1.82) is 0 Å². The number of carbonyl (C=O) groups excluding carboxylic acids is 2. The zero-order valence-corrected chi connectivity index (χ0v) is 18.7. The van der Waals surface area contributed by atoms with Crippen molar-refractivity contribution in [2.24, 2.45) is 0 Å². The number of nitrogens with zero attached hydrogens (tertiary/aromatic N) is 1. The van der Waals surface area contributed by atoms with Crippen molar-refractivity contribution in [3.05, 3.63) is 53.1 Å². The molecule has 2 amide bonds. The number of hydrogen-bond donors (Lipinski definition) is 1. The summed E-state index contributed by atoms with van der Waals surface area (Å²) in [5.74, 6) is -1.35. The van der Waals surface area contributed by atoms with E-state index in [1.54, 1.807) is 17.7 Å². The summed E-state index contributed by atoms with van der Waals surface area (Å²) in [6.45, 7) is 3.56. The Labute approximate surface area is 182 Å². The summed E-state index contributed by atoms with van der Waals surface area (Å²) in [5.41, 5.74) is 0.886. The minimum Gasteiger partial charge on any atom is -0.504 e. The highest BCUT2D eigenvalue weighted by molar-refractivity contribution is 7.98. The van der Waals surface area contributed by atoms with E-state index in [4.69, 9.17) is 4.74 Å². The fraction of sp³-hybridized carbons (Fsp3) is 0.200. The van der Waals surface area contributed by atoms with Gasteiger partial charge in [0.2, 0.25) is 5.91 Å². The second kappa shape index (κ2) is 8.66. The highest BCUT2D eigenvalue weighted by Gasteiger charge is 2.31. The van der Waals surface area contributed by atoms with Crippen molar-refractivity contribution in [1.82, 2.24) is 4.90 Å². The Morgan fingerprint density at radius 1 is 1.40 bits per heavy atom. The molecule has 30 heavy (non-hydrogen) atoms. The van der Waals surface area contributed by atoms with Gasteiger partial charge in [0, 0.05) is 22.2 Å². The zero-order chi connectivity index (χ0) is 22.1. The molecule has 0 atom stereocenters. The smallest absolute Gasteiger partial charge is 0.260 e. The molecule has 1 aliphatic heterocycles. The Morgan fingerprint density at radius 3 is 2.67 bits per heavy atom. The number of aromatic hydroxyl groups is 1. The van der Waals surface area contributed by atoms with Crippen LogP contribution in [0.15, 0.2) is 51.0 Å². The average molecular weight is 466 g/mol. The van der Waals surface area contributed by atoms with Gasteiger partial charge in [-0.25, -0.2) is 8.42 Å². The van der Waals surface area contributed by atoms with Gasteiger partial charge >= 0.3 is 0 Å². The maximum Gasteiger partial charge on any atom is 0.260 e. The van der Waals surface area contributed by atoms with E-state index in [2.05, 4.69) is 6.58 Å². The van der Waals surface area contributed by atoms with Crippen LogP contribution < -0.4 is 4.74 Å². The van der Waals surface area contributed by atoms with Gasteiger partial charge in [-0.1, -0.05) is 12.6 Å². The van der Waals surface area contributed by atoms with Gasteiger partial charge < -0.3 is 9.84 Å². The monoisotopic (exact) mass is 465 g/mol. The van der Waals surface area contributed by atoms with Crippen molar-refractivity contribution in [2.75, 3.05) is 13.4 Å². The predicted octanol–water partition coefficient (Wildman–Crippen LogP) is 3.44. The van der Waals surface area contributed by atoms with E-state index in [0.29, 0.717) is 10.5 Å². The lowest BCUT2D eigenvalue weighted by atomic mass is 10.1. The molecule has 7 nitrogen and oxygen atoms in total. The summed E-state index contributed by atoms with van der Waals surface area (Å²) in [4.78, 5) is 25.5. The van der Waals surface area contributed by atoms with E-state index in [1.165, 1.54) is 43.3 Å². The Bertz CT molecular complexity index is 1150. The highest BCUT2D eigenvalue weighted by atomic mass is 32.2. The van der Waals surface area contributed by atoms with Crippen LogP contribution in [0.5, 0.6) is 11.5 Å². The van der Waals surface area contributed by atoms with Gasteiger partial charge in [-0.15, -0.1) is 23.1 Å². The van der Waals surface area contributed by atoms with Gasteiger partial charge in [0.25, 0.3) is 5.91 Å². The van der Waals surface area contributed by atoms with Gasteiger partial charge in [-0.2, -0.15) is 0 Å². The highest BCUT2D eigenvalue weighted by Crippen LogP contribution is 2.41. The number of phenols is 1. The third-order valence-electron chi connectivity index (χ3n) is 4.45. The molecule has 2 aromatic rings. The number of hydrogen-bond acceptors (Lipinski definition) is 8. The third kappa shape index (κ3) is 4.16. The van der Waals surface area contributed by atoms with Gasteiger partial charge in [0.1, 0.15) is 4.21 Å². The molecule has 1 aromatic heterocycles. The number of phenolic OH excluding ortho intramolecular Hbond substituents is 1. The fourth-order valence-electron chi connectivity index (χ4n) is 3.01. The molecule has 0 aliphatic carbocycles. The standard InChI is InChI=1S/C20H19NO6S3/c1-12-9-16(22)21(20(12)24)7-6-14-18(23)15(27-2)10-13(19(14)28-3)11-30(25,26)17-5-4-8-29-17/h4-8,10,23H,1,9,11H2,2-3H3/b7-6+. The van der Waals surface area contributed by atoms with Crippen LogP contribution in [0.25, 0.3) is 6.08 Å². The van der Waals surface area contributed by atoms with Crippen LogP contribution in [0.3, 0.4) is 0 Å². The first-order chi connectivity index (χ1) is 14.2. The number of sulfone groups is 1. The predicted molar refractivity (Wildman–Crippen MR) is 116 cm³/mol. The minimum absolute atomic E-state index is 0.0625. The zero-order valence-electron chi connectivity index (χ0n) is 16.2. The quantitative estimate of drug-likeness (QED) is 0.380. The summed E-state index contributed by atoms with van der Waals surface area (Å²) in [6, 6.07) is 4.68. The second-order valence-electron chi connectivity index (χ2n) is 6.39. The first-order valence-corrected chi connectivity index (χ1v) is 12.4. The molecule has 0 unspecified atom stereocenters. The Morgan fingerprint density at radius 2 is 2.13 bits per heavy atom. The largest absolute Gasteiger partial charge is 0.504 e. The SMILES string of the molecule is C=C1CC(=O)N(/C=C/c2c(O)c(OC)cc(CS(=O)(=O)c3cccs3)c2SC)C1=O. The molecule has 1 aliphatic rings. The molecule has 158 valence electrons. The summed E-state index contributed by atoms with van der Waals surface area (Å²) < 4.78 is 31.0. The number of benzene rings is 1. The van der Waals surface area contributed by atoms with Crippen molar-refractivity contribution in [3.8, 4) is 11.5 Å². The van der Waals surface area contributed by atoms with Crippen LogP contribution in [0.4, 0.5) is 0 Å². The van der Waals surface area contributed by atoms with E-state index in [0.717, 1.165) is 16.2 Å². The van der Waals surface area contributed by atoms with Crippen molar-refractivity contribution in [3.63, 3.8) is 0 Å². The molecule has 2 heterocycles. The van der Waals surface area contributed by atoms with Crippen LogP contribution in [0, 0.1) is 0 Å². The van der Waals surface area contributed by atoms with Crippen LogP contribution >= 0.6 is 23.1 Å². The molecule has 10 heteroatoms. The Balaban J connectivity index is 2.08. The van der Waals surface area contributed by atoms with E-state index in [1.807, 2.05) is 0 Å². The van der Waals surface area contributed by atoms with Crippen LogP contribution in [-0.4, -0.2) is 43.6 Å². The molecular weight excluding hydrogens is 446 g/mol. The molecular formula is C20H19NO6S3. The molecule has 1 fully saturated rings. The van der Waals surface area contributed by atoms with Crippen molar-refractivity contribution >= 4 is 50.8 Å². The van der Waals surface area contributed by atoms with E-state index in [-0.39, 0.29) is 39.0 Å². The number of thioether (sulfide) groups is 1. The first kappa shape index (κ1) is 22.1. The van der Waals surface area contributed by atoms with Gasteiger partial charge in [-0.3, -0.25) is 14.5 Å². The number of ether oxygens (including phenoxy) is 1. The van der Waals surface area contributed by atoms with E-state index < -0.39 is 21.7 Å². The summed E-state index contributed by atoms with van der Waals surface area (Å²) in [5, 5.41) is 12.3. The summed E-state index contributed by atoms with van der Waals surface area (Å²) in [7, 11) is -2.24. The minimum atomic E-state index is -3.60. The van der Waals surface area contributed by atoms with Crippen LogP contribution in [-0.2, 0) is 25.2 Å². The average Bonchev–Trinajstić information content (AvgIpc) is 3.32. The van der Waals surface area contributed by atoms with E-state index in [9.17, 15) is 23.1 Å². The third-order valence-corrected chi connectivity index (χ3v) is 8.49. The van der Waals surface area contributed by atoms with Gasteiger partial charge in [0.05, 0.1) is 19.3 Å². The van der Waals surface area contributed by atoms with Crippen molar-refractivity contribution < 1.29 is 27.9 Å². The molecule has 3 rings (SSSR count). The number of amides is 2. The topological polar surface area (TPSA) is 101 Å². The number of thiophene rings is 1. The Kier molecular flexibility index (Phi) is 6.39. The van der Waals surface area contributed by atoms with Gasteiger partial charge in [-0.05, 0) is 35.4 Å². The molecule has 1 saturated heterocycles. The maximum atomic E-state index is 12.8. The number of rotatable bonds is 7. The molecule has 0 spiro atoms. The lowest BCUT2D eigenvalue weighted by Crippen LogP contribution is -2.22. The lowest BCUT2D eigenvalue weighted by Gasteiger charge is -2.16. The van der Waals surface area contributed by atoms with Gasteiger partial charge in [0.15, 0.2) is 21.3 Å². The molecule has 0 saturated carbocycles. The normalized spacial score (nSPS) is 14.9. The molecule has 1 N–H and O–H groups in total. The van der Waals surface area contributed by atoms with Crippen LogP contribution in [0.2, 0.25) is 0 Å². The lowest BCUT2D eigenvalue weighted by molar-refractivity contribution is -0.134.